The molecule has 0 aliphatic heterocycles. The van der Waals surface area contributed by atoms with Crippen LogP contribution in [0, 0.1) is 0 Å². The van der Waals surface area contributed by atoms with Crippen LogP contribution in [-0.2, 0) is 11.3 Å². The minimum Gasteiger partial charge on any atom is -0.508 e. The highest BCUT2D eigenvalue weighted by atomic mass is 17.1. The molecule has 0 amide bonds. The third-order valence-electron chi connectivity index (χ3n) is 1.51. The van der Waals surface area contributed by atoms with E-state index in [9.17, 15) is 0 Å². The zero-order valence-corrected chi connectivity index (χ0v) is 6.92. The molecule has 0 aliphatic carbocycles. The molecule has 0 bridgehead atoms. The van der Waals surface area contributed by atoms with E-state index in [-0.39, 0.29) is 17.7 Å². The van der Waals surface area contributed by atoms with Crippen LogP contribution in [0.4, 0.5) is 0 Å². The molecule has 0 atom stereocenters. The van der Waals surface area contributed by atoms with Crippen molar-refractivity contribution in [3.63, 3.8) is 0 Å². The van der Waals surface area contributed by atoms with Crippen molar-refractivity contribution in [3.05, 3.63) is 29.8 Å². The maximum atomic E-state index is 9.07. The van der Waals surface area contributed by atoms with Crippen molar-refractivity contribution >= 4 is 0 Å². The number of nitrogens with zero attached hydrogens (tertiary/aromatic N) is 1. The van der Waals surface area contributed by atoms with Crippen molar-refractivity contribution in [2.75, 3.05) is 6.61 Å². The zero-order chi connectivity index (χ0) is 9.68. The lowest BCUT2D eigenvalue weighted by Gasteiger charge is -2.05. The third kappa shape index (κ3) is 3.86. The predicted molar refractivity (Wildman–Crippen MR) is 43.2 cm³/mol. The maximum Gasteiger partial charge on any atom is 0.115 e. The molecule has 0 radical (unpaired) electrons. The first-order valence-electron chi connectivity index (χ1n) is 3.77. The summed E-state index contributed by atoms with van der Waals surface area (Å²) in [5, 5.41) is 25.1. The number of rotatable bonds is 4. The molecule has 0 aromatic heterocycles. The van der Waals surface area contributed by atoms with Crippen molar-refractivity contribution in [1.82, 2.24) is 5.39 Å². The number of aromatic hydroxyl groups is 1. The SMILES string of the molecule is Oc1cccc(CCON(O)O)c1. The monoisotopic (exact) mass is 185 g/mol. The fraction of sp³-hybridized carbons (Fsp3) is 0.250. The third-order valence-corrected chi connectivity index (χ3v) is 1.51. The molecule has 0 saturated carbocycles. The van der Waals surface area contributed by atoms with Gasteiger partial charge in [-0.15, -0.1) is 0 Å². The van der Waals surface area contributed by atoms with E-state index in [2.05, 4.69) is 4.84 Å². The van der Waals surface area contributed by atoms with E-state index in [0.717, 1.165) is 5.56 Å². The van der Waals surface area contributed by atoms with Gasteiger partial charge in [0.05, 0.1) is 12.0 Å². The quantitative estimate of drug-likeness (QED) is 0.609. The number of phenols is 1. The topological polar surface area (TPSA) is 73.2 Å². The Bertz CT molecular complexity index is 264. The van der Waals surface area contributed by atoms with E-state index >= 15 is 0 Å². The summed E-state index contributed by atoms with van der Waals surface area (Å²) < 4.78 is 0. The summed E-state index contributed by atoms with van der Waals surface area (Å²) in [5.74, 6) is 0.183. The van der Waals surface area contributed by atoms with Crippen LogP contribution in [-0.4, -0.2) is 27.5 Å². The van der Waals surface area contributed by atoms with E-state index < -0.39 is 0 Å². The Kier molecular flexibility index (Phi) is 3.66. The molecule has 1 rings (SSSR count). The molecule has 0 unspecified atom stereocenters. The maximum absolute atomic E-state index is 9.07. The molecule has 5 heteroatoms. The lowest BCUT2D eigenvalue weighted by molar-refractivity contribution is -0.492. The minimum absolute atomic E-state index is 0.135. The first-order chi connectivity index (χ1) is 6.18. The smallest absolute Gasteiger partial charge is 0.115 e. The largest absolute Gasteiger partial charge is 0.508 e. The Morgan fingerprint density at radius 1 is 1.31 bits per heavy atom. The van der Waals surface area contributed by atoms with Gasteiger partial charge in [0.15, 0.2) is 0 Å². The van der Waals surface area contributed by atoms with Gasteiger partial charge in [-0.3, -0.25) is 15.3 Å². The number of hydrogen-bond donors (Lipinski definition) is 3. The predicted octanol–water partition coefficient (Wildman–Crippen LogP) is 0.947. The summed E-state index contributed by atoms with van der Waals surface area (Å²) >= 11 is 0. The first-order valence-corrected chi connectivity index (χ1v) is 3.77. The van der Waals surface area contributed by atoms with Gasteiger partial charge in [0, 0.05) is 0 Å². The van der Waals surface area contributed by atoms with E-state index in [4.69, 9.17) is 15.5 Å². The fourth-order valence-corrected chi connectivity index (χ4v) is 0.957. The molecule has 1 aromatic carbocycles. The highest BCUT2D eigenvalue weighted by molar-refractivity contribution is 5.27. The average molecular weight is 185 g/mol. The lowest BCUT2D eigenvalue weighted by Crippen LogP contribution is -2.16. The van der Waals surface area contributed by atoms with Gasteiger partial charge in [-0.2, -0.15) is 0 Å². The second kappa shape index (κ2) is 4.78. The summed E-state index contributed by atoms with van der Waals surface area (Å²) in [6.45, 7) is 0.135. The van der Waals surface area contributed by atoms with Crippen molar-refractivity contribution in [2.24, 2.45) is 0 Å². The van der Waals surface area contributed by atoms with Crippen molar-refractivity contribution in [1.29, 1.82) is 0 Å². The zero-order valence-electron chi connectivity index (χ0n) is 6.92. The van der Waals surface area contributed by atoms with Crippen LogP contribution in [0.1, 0.15) is 5.56 Å². The van der Waals surface area contributed by atoms with Gasteiger partial charge in [0.2, 0.25) is 0 Å². The standard InChI is InChI=1S/C8H11NO4/c10-8-3-1-2-7(6-8)4-5-13-9(11)12/h1-3,6,10-12H,4-5H2. The molecular weight excluding hydrogens is 174 g/mol. The second-order valence-electron chi connectivity index (χ2n) is 2.51. The molecule has 72 valence electrons. The number of phenolic OH excluding ortho intramolecular Hbond substituents is 1. The van der Waals surface area contributed by atoms with Crippen LogP contribution in [0.25, 0.3) is 0 Å². The normalized spacial score (nSPS) is 10.7. The molecule has 3 N–H and O–H groups in total. The number of benzene rings is 1. The van der Waals surface area contributed by atoms with Crippen LogP contribution in [0.3, 0.4) is 0 Å². The molecule has 0 heterocycles. The van der Waals surface area contributed by atoms with Crippen LogP contribution in [0.15, 0.2) is 24.3 Å². The summed E-state index contributed by atoms with van der Waals surface area (Å²) in [7, 11) is 0. The van der Waals surface area contributed by atoms with Gasteiger partial charge in [-0.05, 0) is 24.1 Å². The summed E-state index contributed by atoms with van der Waals surface area (Å²) in [6.07, 6.45) is 0.492. The van der Waals surface area contributed by atoms with Crippen molar-refractivity contribution < 1.29 is 20.4 Å². The molecule has 1 aromatic rings. The Morgan fingerprint density at radius 2 is 2.08 bits per heavy atom. The Balaban J connectivity index is 2.37. The molecule has 0 fully saturated rings. The van der Waals surface area contributed by atoms with Gasteiger partial charge >= 0.3 is 0 Å². The van der Waals surface area contributed by atoms with Crippen LogP contribution in [0.5, 0.6) is 5.75 Å². The van der Waals surface area contributed by atoms with Crippen LogP contribution >= 0.6 is 0 Å². The summed E-state index contributed by atoms with van der Waals surface area (Å²) in [6, 6.07) is 6.67. The molecule has 0 saturated heterocycles. The lowest BCUT2D eigenvalue weighted by atomic mass is 10.1. The Labute approximate surface area is 75.3 Å². The molecule has 0 aliphatic rings. The van der Waals surface area contributed by atoms with Crippen LogP contribution < -0.4 is 0 Å². The van der Waals surface area contributed by atoms with Gasteiger partial charge in [0.1, 0.15) is 5.75 Å². The van der Waals surface area contributed by atoms with Gasteiger partial charge in [-0.25, -0.2) is 0 Å². The molecular formula is C8H11NO4. The highest BCUT2D eigenvalue weighted by Crippen LogP contribution is 2.11. The summed E-state index contributed by atoms with van der Waals surface area (Å²) in [5.41, 5.74) is 0.863. The number of hydrogen-bond acceptors (Lipinski definition) is 5. The van der Waals surface area contributed by atoms with E-state index in [1.54, 1.807) is 18.2 Å². The highest BCUT2D eigenvalue weighted by Gasteiger charge is 1.97. The van der Waals surface area contributed by atoms with E-state index in [1.165, 1.54) is 0 Å². The van der Waals surface area contributed by atoms with E-state index in [1.807, 2.05) is 6.07 Å². The Morgan fingerprint density at radius 3 is 2.69 bits per heavy atom. The summed E-state index contributed by atoms with van der Waals surface area (Å²) in [4.78, 5) is 4.35. The fourth-order valence-electron chi connectivity index (χ4n) is 0.957. The first kappa shape index (κ1) is 9.94. The van der Waals surface area contributed by atoms with Crippen molar-refractivity contribution in [2.45, 2.75) is 6.42 Å². The molecule has 0 spiro atoms. The van der Waals surface area contributed by atoms with Gasteiger partial charge in [0.25, 0.3) is 0 Å². The Hall–Kier alpha value is -1.14. The van der Waals surface area contributed by atoms with Crippen molar-refractivity contribution in [3.8, 4) is 5.75 Å². The van der Waals surface area contributed by atoms with Gasteiger partial charge < -0.3 is 5.11 Å². The second-order valence-corrected chi connectivity index (χ2v) is 2.51. The molecule has 13 heavy (non-hydrogen) atoms. The minimum atomic E-state index is -0.331. The van der Waals surface area contributed by atoms with E-state index in [0.29, 0.717) is 6.42 Å². The molecule has 5 nitrogen and oxygen atoms in total. The van der Waals surface area contributed by atoms with Crippen LogP contribution in [0.2, 0.25) is 0 Å². The van der Waals surface area contributed by atoms with Gasteiger partial charge in [-0.1, -0.05) is 12.1 Å². The average Bonchev–Trinajstić information content (AvgIpc) is 2.03.